The van der Waals surface area contributed by atoms with Crippen molar-refractivity contribution >= 4 is 21.9 Å². The highest BCUT2D eigenvalue weighted by atomic mass is 79.9. The maximum Gasteiger partial charge on any atom is 0.340 e. The molecule has 0 amide bonds. The standard InChI is InChI=1S/C14H17BrO3/c1-9-5-2-3-7-11(9)18-12-8-4-6-10(15)13(12)14(16)17/h4,6,8-9,11H,2-3,5,7H2,1H3,(H,16,17). The zero-order chi connectivity index (χ0) is 13.1. The molecule has 1 aromatic rings. The summed E-state index contributed by atoms with van der Waals surface area (Å²) in [6, 6.07) is 5.26. The van der Waals surface area contributed by atoms with Crippen molar-refractivity contribution in [2.45, 2.75) is 38.7 Å². The minimum absolute atomic E-state index is 0.131. The maximum absolute atomic E-state index is 11.3. The molecule has 0 radical (unpaired) electrons. The molecule has 4 heteroatoms. The van der Waals surface area contributed by atoms with Gasteiger partial charge in [-0.3, -0.25) is 0 Å². The third-order valence-electron chi connectivity index (χ3n) is 3.50. The van der Waals surface area contributed by atoms with Crippen molar-refractivity contribution < 1.29 is 14.6 Å². The Bertz CT molecular complexity index is 445. The predicted octanol–water partition coefficient (Wildman–Crippen LogP) is 4.10. The van der Waals surface area contributed by atoms with Crippen molar-refractivity contribution in [3.63, 3.8) is 0 Å². The summed E-state index contributed by atoms with van der Waals surface area (Å²) < 4.78 is 6.50. The molecule has 0 bridgehead atoms. The summed E-state index contributed by atoms with van der Waals surface area (Å²) in [5.41, 5.74) is 0.218. The van der Waals surface area contributed by atoms with Gasteiger partial charge < -0.3 is 9.84 Å². The second-order valence-electron chi connectivity index (χ2n) is 4.84. The van der Waals surface area contributed by atoms with Gasteiger partial charge in [0.1, 0.15) is 17.4 Å². The van der Waals surface area contributed by atoms with Gasteiger partial charge in [0.2, 0.25) is 0 Å². The largest absolute Gasteiger partial charge is 0.489 e. The molecule has 2 unspecified atom stereocenters. The van der Waals surface area contributed by atoms with Gasteiger partial charge in [0.15, 0.2) is 0 Å². The fraction of sp³-hybridized carbons (Fsp3) is 0.500. The van der Waals surface area contributed by atoms with Crippen LogP contribution in [0.4, 0.5) is 0 Å². The Morgan fingerprint density at radius 1 is 1.39 bits per heavy atom. The molecule has 0 aromatic heterocycles. The molecule has 1 aromatic carbocycles. The van der Waals surface area contributed by atoms with Gasteiger partial charge in [0.25, 0.3) is 0 Å². The van der Waals surface area contributed by atoms with E-state index in [1.165, 1.54) is 6.42 Å². The van der Waals surface area contributed by atoms with Crippen LogP contribution in [0.1, 0.15) is 43.0 Å². The number of hydrogen-bond donors (Lipinski definition) is 1. The number of hydrogen-bond acceptors (Lipinski definition) is 2. The first-order chi connectivity index (χ1) is 8.59. The smallest absolute Gasteiger partial charge is 0.340 e. The summed E-state index contributed by atoms with van der Waals surface area (Å²) in [5.74, 6) is -0.00376. The fourth-order valence-electron chi connectivity index (χ4n) is 2.43. The monoisotopic (exact) mass is 312 g/mol. The lowest BCUT2D eigenvalue weighted by atomic mass is 9.88. The van der Waals surface area contributed by atoms with Crippen LogP contribution in [0.25, 0.3) is 0 Å². The Hall–Kier alpha value is -1.03. The normalized spacial score (nSPS) is 23.7. The van der Waals surface area contributed by atoms with E-state index >= 15 is 0 Å². The second kappa shape index (κ2) is 5.74. The van der Waals surface area contributed by atoms with Crippen LogP contribution in [0.3, 0.4) is 0 Å². The number of ether oxygens (including phenoxy) is 1. The molecule has 1 saturated carbocycles. The fourth-order valence-corrected chi connectivity index (χ4v) is 2.95. The Balaban J connectivity index is 2.23. The van der Waals surface area contributed by atoms with E-state index in [1.54, 1.807) is 18.2 Å². The topological polar surface area (TPSA) is 46.5 Å². The number of benzene rings is 1. The average molecular weight is 313 g/mol. The number of carbonyl (C=O) groups is 1. The number of aromatic carboxylic acids is 1. The molecule has 1 fully saturated rings. The Morgan fingerprint density at radius 3 is 2.78 bits per heavy atom. The zero-order valence-corrected chi connectivity index (χ0v) is 11.9. The first-order valence-corrected chi connectivity index (χ1v) is 7.07. The molecule has 3 nitrogen and oxygen atoms in total. The third-order valence-corrected chi connectivity index (χ3v) is 4.16. The van der Waals surface area contributed by atoms with Crippen molar-refractivity contribution in [2.75, 3.05) is 0 Å². The highest BCUT2D eigenvalue weighted by molar-refractivity contribution is 9.10. The predicted molar refractivity (Wildman–Crippen MR) is 73.1 cm³/mol. The van der Waals surface area contributed by atoms with Crippen LogP contribution >= 0.6 is 15.9 Å². The Morgan fingerprint density at radius 2 is 2.11 bits per heavy atom. The van der Waals surface area contributed by atoms with Crippen LogP contribution < -0.4 is 4.74 Å². The molecule has 1 N–H and O–H groups in total. The van der Waals surface area contributed by atoms with E-state index in [2.05, 4.69) is 22.9 Å². The van der Waals surface area contributed by atoms with E-state index in [4.69, 9.17) is 4.74 Å². The van der Waals surface area contributed by atoms with Crippen molar-refractivity contribution in [3.8, 4) is 5.75 Å². The van der Waals surface area contributed by atoms with Gasteiger partial charge in [-0.1, -0.05) is 19.4 Å². The Kier molecular flexibility index (Phi) is 4.27. The number of halogens is 1. The molecule has 1 aliphatic rings. The molecular weight excluding hydrogens is 296 g/mol. The third kappa shape index (κ3) is 2.86. The lowest BCUT2D eigenvalue weighted by Crippen LogP contribution is -2.28. The maximum atomic E-state index is 11.3. The molecule has 2 atom stereocenters. The van der Waals surface area contributed by atoms with E-state index < -0.39 is 5.97 Å². The first-order valence-electron chi connectivity index (χ1n) is 6.28. The number of carboxylic acid groups (broad SMARTS) is 1. The quantitative estimate of drug-likeness (QED) is 0.913. The van der Waals surface area contributed by atoms with Crippen LogP contribution in [0, 0.1) is 5.92 Å². The van der Waals surface area contributed by atoms with Crippen LogP contribution in [-0.4, -0.2) is 17.2 Å². The summed E-state index contributed by atoms with van der Waals surface area (Å²) >= 11 is 3.27. The minimum Gasteiger partial charge on any atom is -0.489 e. The Labute approximate surface area is 115 Å². The lowest BCUT2D eigenvalue weighted by molar-refractivity contribution is 0.0672. The molecule has 98 valence electrons. The van der Waals surface area contributed by atoms with Crippen LogP contribution in [0.5, 0.6) is 5.75 Å². The van der Waals surface area contributed by atoms with Crippen LogP contribution in [0.15, 0.2) is 22.7 Å². The molecule has 0 saturated heterocycles. The van der Waals surface area contributed by atoms with E-state index in [0.29, 0.717) is 16.1 Å². The summed E-state index contributed by atoms with van der Waals surface area (Å²) in [6.07, 6.45) is 4.69. The van der Waals surface area contributed by atoms with Gasteiger partial charge in [-0.2, -0.15) is 0 Å². The molecule has 1 aliphatic carbocycles. The average Bonchev–Trinajstić information content (AvgIpc) is 2.31. The van der Waals surface area contributed by atoms with Crippen molar-refractivity contribution in [1.29, 1.82) is 0 Å². The summed E-state index contributed by atoms with van der Waals surface area (Å²) in [6.45, 7) is 2.17. The van der Waals surface area contributed by atoms with Gasteiger partial charge in [0.05, 0.1) is 0 Å². The van der Waals surface area contributed by atoms with E-state index in [0.717, 1.165) is 19.3 Å². The minimum atomic E-state index is -0.957. The van der Waals surface area contributed by atoms with Crippen LogP contribution in [0.2, 0.25) is 0 Å². The molecule has 0 spiro atoms. The summed E-state index contributed by atoms with van der Waals surface area (Å²) in [5, 5.41) is 9.23. The molecule has 0 aliphatic heterocycles. The van der Waals surface area contributed by atoms with Crippen molar-refractivity contribution in [2.24, 2.45) is 5.92 Å². The van der Waals surface area contributed by atoms with Gasteiger partial charge in [0, 0.05) is 4.47 Å². The van der Waals surface area contributed by atoms with Gasteiger partial charge >= 0.3 is 5.97 Å². The van der Waals surface area contributed by atoms with Crippen molar-refractivity contribution in [1.82, 2.24) is 0 Å². The second-order valence-corrected chi connectivity index (χ2v) is 5.69. The van der Waals surface area contributed by atoms with Gasteiger partial charge in [-0.15, -0.1) is 0 Å². The van der Waals surface area contributed by atoms with E-state index in [1.807, 2.05) is 0 Å². The molecule has 0 heterocycles. The highest BCUT2D eigenvalue weighted by Crippen LogP contribution is 2.32. The summed E-state index contributed by atoms with van der Waals surface area (Å²) in [4.78, 5) is 11.3. The highest BCUT2D eigenvalue weighted by Gasteiger charge is 2.25. The first kappa shape index (κ1) is 13.4. The molecule has 2 rings (SSSR count). The van der Waals surface area contributed by atoms with Crippen molar-refractivity contribution in [3.05, 3.63) is 28.2 Å². The SMILES string of the molecule is CC1CCCCC1Oc1cccc(Br)c1C(=O)O. The molecule has 18 heavy (non-hydrogen) atoms. The van der Waals surface area contributed by atoms with E-state index in [9.17, 15) is 9.90 Å². The summed E-state index contributed by atoms with van der Waals surface area (Å²) in [7, 11) is 0. The number of carboxylic acids is 1. The van der Waals surface area contributed by atoms with Gasteiger partial charge in [-0.25, -0.2) is 4.79 Å². The lowest BCUT2D eigenvalue weighted by Gasteiger charge is -2.29. The number of rotatable bonds is 3. The zero-order valence-electron chi connectivity index (χ0n) is 10.4. The molecular formula is C14H17BrO3. The van der Waals surface area contributed by atoms with E-state index in [-0.39, 0.29) is 11.7 Å². The van der Waals surface area contributed by atoms with Gasteiger partial charge in [-0.05, 0) is 53.2 Å². The van der Waals surface area contributed by atoms with Crippen LogP contribution in [-0.2, 0) is 0 Å².